The maximum Gasteiger partial charge on any atom is 0.337 e. The van der Waals surface area contributed by atoms with Crippen molar-refractivity contribution in [3.05, 3.63) is 89.5 Å². The van der Waals surface area contributed by atoms with Crippen LogP contribution in [0.5, 0.6) is 0 Å². The number of nitrogens with one attached hydrogen (secondary N) is 2. The highest BCUT2D eigenvalue weighted by molar-refractivity contribution is 6.08. The molecule has 6 heteroatoms. The minimum Gasteiger partial charge on any atom is -0.478 e. The van der Waals surface area contributed by atoms with Gasteiger partial charge in [0.15, 0.2) is 0 Å². The zero-order valence-electron chi connectivity index (χ0n) is 16.8. The number of hydrogen-bond acceptors (Lipinski definition) is 4. The van der Waals surface area contributed by atoms with Gasteiger partial charge in [0.2, 0.25) is 0 Å². The minimum atomic E-state index is -1.15. The molecule has 3 N–H and O–H groups in total. The topological polar surface area (TPSA) is 102 Å². The van der Waals surface area contributed by atoms with E-state index in [-0.39, 0.29) is 16.8 Å². The number of aromatic carboxylic acids is 1. The van der Waals surface area contributed by atoms with Crippen LogP contribution in [0.4, 0.5) is 17.1 Å². The van der Waals surface area contributed by atoms with Crippen LogP contribution in [0.15, 0.2) is 72.8 Å². The zero-order valence-corrected chi connectivity index (χ0v) is 16.8. The summed E-state index contributed by atoms with van der Waals surface area (Å²) in [6.07, 6.45) is 1.25. The first-order valence-electron chi connectivity index (χ1n) is 9.49. The molecule has 0 aliphatic rings. The molecule has 0 aliphatic heterocycles. The van der Waals surface area contributed by atoms with E-state index in [0.717, 1.165) is 5.69 Å². The third-order valence-corrected chi connectivity index (χ3v) is 3.81. The van der Waals surface area contributed by atoms with E-state index in [9.17, 15) is 14.7 Å². The van der Waals surface area contributed by atoms with Gasteiger partial charge in [0, 0.05) is 16.9 Å². The van der Waals surface area contributed by atoms with Gasteiger partial charge in [-0.1, -0.05) is 44.5 Å². The number of carbonyl (C=O) groups is 2. The summed E-state index contributed by atoms with van der Waals surface area (Å²) in [5.74, 6) is -1.64. The molecule has 0 saturated heterocycles. The van der Waals surface area contributed by atoms with Crippen molar-refractivity contribution in [2.75, 3.05) is 10.6 Å². The van der Waals surface area contributed by atoms with Gasteiger partial charge >= 0.3 is 5.97 Å². The molecule has 0 fully saturated rings. The normalized spacial score (nSPS) is 9.50. The lowest BCUT2D eigenvalue weighted by atomic mass is 10.1. The molecule has 0 atom stereocenters. The monoisotopic (exact) mass is 401 g/mol. The van der Waals surface area contributed by atoms with Crippen molar-refractivity contribution in [1.82, 2.24) is 0 Å². The van der Waals surface area contributed by atoms with Crippen molar-refractivity contribution in [2.45, 2.75) is 20.3 Å². The second-order valence-corrected chi connectivity index (χ2v) is 6.41. The second-order valence-electron chi connectivity index (χ2n) is 6.41. The first kappa shape index (κ1) is 22.2. The number of hydrogen-bond donors (Lipinski definition) is 3. The lowest BCUT2D eigenvalue weighted by molar-refractivity contribution is 0.0698. The van der Waals surface area contributed by atoms with Crippen LogP contribution in [0.1, 0.15) is 46.5 Å². The number of carboxylic acids is 1. The van der Waals surface area contributed by atoms with E-state index in [4.69, 9.17) is 5.26 Å². The van der Waals surface area contributed by atoms with Gasteiger partial charge in [0.1, 0.15) is 0 Å². The Morgan fingerprint density at radius 1 is 0.933 bits per heavy atom. The average Bonchev–Trinajstić information content (AvgIpc) is 2.75. The summed E-state index contributed by atoms with van der Waals surface area (Å²) >= 11 is 0. The van der Waals surface area contributed by atoms with Crippen LogP contribution >= 0.6 is 0 Å². The van der Waals surface area contributed by atoms with E-state index in [0.29, 0.717) is 11.3 Å². The lowest BCUT2D eigenvalue weighted by Crippen LogP contribution is -2.15. The fourth-order valence-corrected chi connectivity index (χ4v) is 2.52. The quantitative estimate of drug-likeness (QED) is 0.511. The van der Waals surface area contributed by atoms with E-state index in [1.54, 1.807) is 30.3 Å². The molecule has 0 heterocycles. The van der Waals surface area contributed by atoms with Crippen LogP contribution < -0.4 is 10.6 Å². The fourth-order valence-electron chi connectivity index (χ4n) is 2.52. The van der Waals surface area contributed by atoms with Crippen LogP contribution in [0.3, 0.4) is 0 Å². The van der Waals surface area contributed by atoms with Gasteiger partial charge < -0.3 is 15.7 Å². The molecule has 0 saturated carbocycles. The van der Waals surface area contributed by atoms with Gasteiger partial charge in [-0.25, -0.2) is 4.79 Å². The van der Waals surface area contributed by atoms with Crippen molar-refractivity contribution in [3.8, 4) is 6.07 Å². The standard InChI is InChI=1S/C21H15N3O3.C3H8/c22-13-14-5-4-6-15(11-14)20(25)24-19-12-17(9-10-18(19)21(26)27)23-16-7-2-1-3-8-16;1-3-2/h1-12,23H,(H,24,25)(H,26,27);3H2,1-2H3. The predicted octanol–water partition coefficient (Wildman–Crippen LogP) is 5.67. The number of benzene rings is 3. The number of nitriles is 1. The van der Waals surface area contributed by atoms with Crippen molar-refractivity contribution < 1.29 is 14.7 Å². The summed E-state index contributed by atoms with van der Waals surface area (Å²) in [5, 5.41) is 24.1. The minimum absolute atomic E-state index is 0.0293. The Labute approximate surface area is 175 Å². The number of nitrogens with zero attached hydrogens (tertiary/aromatic N) is 1. The maximum atomic E-state index is 12.5. The molecular formula is C24H23N3O3. The predicted molar refractivity (Wildman–Crippen MR) is 118 cm³/mol. The molecule has 0 radical (unpaired) electrons. The Morgan fingerprint density at radius 3 is 2.27 bits per heavy atom. The smallest absolute Gasteiger partial charge is 0.337 e. The number of carbonyl (C=O) groups excluding carboxylic acids is 1. The molecule has 0 aromatic heterocycles. The molecule has 3 aromatic rings. The Hall–Kier alpha value is -4.11. The highest BCUT2D eigenvalue weighted by atomic mass is 16.4. The van der Waals surface area contributed by atoms with E-state index in [1.807, 2.05) is 36.4 Å². The maximum absolute atomic E-state index is 12.5. The number of para-hydroxylation sites is 1. The van der Waals surface area contributed by atoms with Crippen molar-refractivity contribution in [2.24, 2.45) is 0 Å². The summed E-state index contributed by atoms with van der Waals surface area (Å²) in [6, 6.07) is 22.1. The van der Waals surface area contributed by atoms with E-state index >= 15 is 0 Å². The molecule has 1 amide bonds. The number of carboxylic acid groups (broad SMARTS) is 1. The third kappa shape index (κ3) is 6.21. The first-order valence-corrected chi connectivity index (χ1v) is 9.49. The van der Waals surface area contributed by atoms with Gasteiger partial charge in [-0.15, -0.1) is 0 Å². The lowest BCUT2D eigenvalue weighted by Gasteiger charge is -2.12. The highest BCUT2D eigenvalue weighted by Crippen LogP contribution is 2.24. The zero-order chi connectivity index (χ0) is 21.9. The molecule has 6 nitrogen and oxygen atoms in total. The summed E-state index contributed by atoms with van der Waals surface area (Å²) in [5.41, 5.74) is 2.22. The van der Waals surface area contributed by atoms with Gasteiger partial charge in [0.25, 0.3) is 5.91 Å². The average molecular weight is 401 g/mol. The van der Waals surface area contributed by atoms with Gasteiger partial charge in [-0.2, -0.15) is 5.26 Å². The summed E-state index contributed by atoms with van der Waals surface area (Å²) in [6.45, 7) is 4.25. The van der Waals surface area contributed by atoms with E-state index in [1.165, 1.54) is 18.6 Å². The molecule has 0 unspecified atom stereocenters. The summed E-state index contributed by atoms with van der Waals surface area (Å²) in [4.78, 5) is 24.0. The van der Waals surface area contributed by atoms with Crippen LogP contribution in [0, 0.1) is 11.3 Å². The SMILES string of the molecule is CCC.N#Cc1cccc(C(=O)Nc2cc(Nc3ccccc3)ccc2C(=O)O)c1. The molecule has 152 valence electrons. The van der Waals surface area contributed by atoms with Gasteiger partial charge in [-0.05, 0) is 48.5 Å². The Morgan fingerprint density at radius 2 is 1.63 bits per heavy atom. The summed E-state index contributed by atoms with van der Waals surface area (Å²) < 4.78 is 0. The van der Waals surface area contributed by atoms with Crippen LogP contribution in [0.2, 0.25) is 0 Å². The number of rotatable bonds is 5. The van der Waals surface area contributed by atoms with Crippen LogP contribution in [-0.2, 0) is 0 Å². The van der Waals surface area contributed by atoms with Crippen LogP contribution in [0.25, 0.3) is 0 Å². The molecule has 0 spiro atoms. The third-order valence-electron chi connectivity index (χ3n) is 3.81. The molecule has 0 aliphatic carbocycles. The molecule has 3 rings (SSSR count). The Bertz CT molecular complexity index is 1060. The molecular weight excluding hydrogens is 378 g/mol. The van der Waals surface area contributed by atoms with Crippen LogP contribution in [-0.4, -0.2) is 17.0 Å². The number of anilines is 3. The second kappa shape index (κ2) is 11.0. The van der Waals surface area contributed by atoms with Crippen molar-refractivity contribution in [1.29, 1.82) is 5.26 Å². The summed E-state index contributed by atoms with van der Waals surface area (Å²) in [7, 11) is 0. The first-order chi connectivity index (χ1) is 14.5. The van der Waals surface area contributed by atoms with Crippen molar-refractivity contribution >= 4 is 28.9 Å². The van der Waals surface area contributed by atoms with Gasteiger partial charge in [-0.3, -0.25) is 4.79 Å². The highest BCUT2D eigenvalue weighted by Gasteiger charge is 2.15. The van der Waals surface area contributed by atoms with E-state index < -0.39 is 11.9 Å². The Kier molecular flexibility index (Phi) is 8.15. The fraction of sp³-hybridized carbons (Fsp3) is 0.125. The van der Waals surface area contributed by atoms with Gasteiger partial charge in [0.05, 0.1) is 22.9 Å². The van der Waals surface area contributed by atoms with E-state index in [2.05, 4.69) is 24.5 Å². The molecule has 0 bridgehead atoms. The molecule has 30 heavy (non-hydrogen) atoms. The number of amides is 1. The Balaban J connectivity index is 0.00000101. The molecule has 3 aromatic carbocycles. The largest absolute Gasteiger partial charge is 0.478 e. The van der Waals surface area contributed by atoms with Crippen molar-refractivity contribution in [3.63, 3.8) is 0 Å².